The zero-order valence-electron chi connectivity index (χ0n) is 23.6. The number of carbonyl (C=O) groups excluding carboxylic acids is 1. The molecule has 0 amide bonds. The fourth-order valence-corrected chi connectivity index (χ4v) is 5.11. The summed E-state index contributed by atoms with van der Waals surface area (Å²) < 4.78 is 0. The molecule has 0 aromatic rings. The fraction of sp³-hybridized carbons (Fsp3) is 0.969. The van der Waals surface area contributed by atoms with Crippen molar-refractivity contribution in [3.8, 4) is 0 Å². The van der Waals surface area contributed by atoms with Crippen molar-refractivity contribution in [3.05, 3.63) is 0 Å². The lowest BCUT2D eigenvalue weighted by Gasteiger charge is -2.17. The van der Waals surface area contributed by atoms with E-state index in [0.717, 1.165) is 25.7 Å². The van der Waals surface area contributed by atoms with Gasteiger partial charge in [-0.05, 0) is 12.8 Å². The van der Waals surface area contributed by atoms with Gasteiger partial charge in [0.2, 0.25) is 6.29 Å². The molecule has 2 nitrogen and oxygen atoms in total. The molecular formula is C32H63O2. The van der Waals surface area contributed by atoms with E-state index in [1.807, 2.05) is 0 Å². The summed E-state index contributed by atoms with van der Waals surface area (Å²) in [6.07, 6.45) is 36.6. The van der Waals surface area contributed by atoms with Crippen LogP contribution in [0, 0.1) is 5.92 Å². The van der Waals surface area contributed by atoms with E-state index in [0.29, 0.717) is 0 Å². The minimum Gasteiger partial charge on any atom is -0.392 e. The highest BCUT2D eigenvalue weighted by Gasteiger charge is 2.18. The van der Waals surface area contributed by atoms with Gasteiger partial charge in [0.25, 0.3) is 0 Å². The van der Waals surface area contributed by atoms with Crippen LogP contribution in [-0.2, 0) is 4.79 Å². The van der Waals surface area contributed by atoms with Crippen LogP contribution in [-0.4, -0.2) is 17.5 Å². The Kier molecular flexibility index (Phi) is 28.6. The molecule has 0 aromatic carbocycles. The van der Waals surface area contributed by atoms with Crippen LogP contribution >= 0.6 is 0 Å². The number of unbranched alkanes of at least 4 members (excludes halogenated alkanes) is 23. The molecule has 2 unspecified atom stereocenters. The van der Waals surface area contributed by atoms with Gasteiger partial charge in [0.05, 0.1) is 12.0 Å². The van der Waals surface area contributed by atoms with E-state index >= 15 is 0 Å². The molecule has 1 N–H and O–H groups in total. The summed E-state index contributed by atoms with van der Waals surface area (Å²) in [7, 11) is 0. The van der Waals surface area contributed by atoms with Crippen LogP contribution < -0.4 is 0 Å². The Morgan fingerprint density at radius 3 is 1.00 bits per heavy atom. The highest BCUT2D eigenvalue weighted by molar-refractivity contribution is 5.55. The molecule has 0 bridgehead atoms. The van der Waals surface area contributed by atoms with E-state index in [9.17, 15) is 9.90 Å². The molecule has 0 saturated heterocycles. The molecule has 2 atom stereocenters. The lowest BCUT2D eigenvalue weighted by atomic mass is 9.92. The first-order valence-electron chi connectivity index (χ1n) is 15.8. The van der Waals surface area contributed by atoms with Crippen molar-refractivity contribution < 1.29 is 9.90 Å². The van der Waals surface area contributed by atoms with Crippen LogP contribution in [0.4, 0.5) is 0 Å². The Hall–Kier alpha value is -0.370. The number of hydrogen-bond donors (Lipinski definition) is 1. The monoisotopic (exact) mass is 479 g/mol. The Morgan fingerprint density at radius 1 is 0.441 bits per heavy atom. The topological polar surface area (TPSA) is 37.3 Å². The summed E-state index contributed by atoms with van der Waals surface area (Å²) in [5.41, 5.74) is 0. The molecule has 0 aliphatic carbocycles. The van der Waals surface area contributed by atoms with Gasteiger partial charge in [-0.15, -0.1) is 0 Å². The first-order chi connectivity index (χ1) is 16.8. The molecule has 1 radical (unpaired) electrons. The van der Waals surface area contributed by atoms with Gasteiger partial charge in [-0.25, -0.2) is 0 Å². The summed E-state index contributed by atoms with van der Waals surface area (Å²) >= 11 is 0. The average molecular weight is 480 g/mol. The highest BCUT2D eigenvalue weighted by atomic mass is 16.3. The minimum absolute atomic E-state index is 0.263. The summed E-state index contributed by atoms with van der Waals surface area (Å²) in [5, 5.41) is 10.4. The van der Waals surface area contributed by atoms with Crippen LogP contribution in [0.15, 0.2) is 0 Å². The Morgan fingerprint density at radius 2 is 0.706 bits per heavy atom. The van der Waals surface area contributed by atoms with Crippen molar-refractivity contribution in [2.45, 2.75) is 193 Å². The summed E-state index contributed by atoms with van der Waals surface area (Å²) in [5.74, 6) is -0.263. The molecule has 2 heteroatoms. The third-order valence-electron chi connectivity index (χ3n) is 7.59. The van der Waals surface area contributed by atoms with Gasteiger partial charge in [0.1, 0.15) is 0 Å². The second-order valence-corrected chi connectivity index (χ2v) is 11.0. The van der Waals surface area contributed by atoms with Gasteiger partial charge in [0.15, 0.2) is 0 Å². The predicted molar refractivity (Wildman–Crippen MR) is 151 cm³/mol. The first-order valence-corrected chi connectivity index (χ1v) is 15.8. The van der Waals surface area contributed by atoms with Crippen LogP contribution in [0.5, 0.6) is 0 Å². The van der Waals surface area contributed by atoms with E-state index in [2.05, 4.69) is 20.1 Å². The molecule has 0 rings (SSSR count). The maximum atomic E-state index is 11.3. The SMILES string of the molecule is CCCCCCCCCCCCCCCC(O)C([C]=O)CCCCCCCCCCCCCC. The molecule has 0 saturated carbocycles. The third-order valence-corrected chi connectivity index (χ3v) is 7.59. The molecule has 0 spiro atoms. The highest BCUT2D eigenvalue weighted by Crippen LogP contribution is 2.19. The van der Waals surface area contributed by atoms with Gasteiger partial charge < -0.3 is 5.11 Å². The second kappa shape index (κ2) is 28.9. The smallest absolute Gasteiger partial charge is 0.204 e. The number of aliphatic hydroxyl groups is 1. The van der Waals surface area contributed by atoms with Crippen molar-refractivity contribution in [3.63, 3.8) is 0 Å². The van der Waals surface area contributed by atoms with Crippen molar-refractivity contribution in [2.75, 3.05) is 0 Å². The summed E-state index contributed by atoms with van der Waals surface area (Å²) in [6, 6.07) is 0. The minimum atomic E-state index is -0.474. The van der Waals surface area contributed by atoms with Crippen LogP contribution in [0.1, 0.15) is 187 Å². The van der Waals surface area contributed by atoms with E-state index < -0.39 is 6.10 Å². The Balaban J connectivity index is 3.42. The zero-order chi connectivity index (χ0) is 25.0. The predicted octanol–water partition coefficient (Wildman–Crippen LogP) is 10.6. The van der Waals surface area contributed by atoms with Crippen LogP contribution in [0.3, 0.4) is 0 Å². The molecule has 0 aromatic heterocycles. The number of rotatable bonds is 29. The van der Waals surface area contributed by atoms with Gasteiger partial charge >= 0.3 is 0 Å². The quantitative estimate of drug-likeness (QED) is 0.108. The largest absolute Gasteiger partial charge is 0.392 e. The van der Waals surface area contributed by atoms with Gasteiger partial charge in [-0.2, -0.15) is 0 Å². The molecule has 0 heterocycles. The maximum Gasteiger partial charge on any atom is 0.204 e. The van der Waals surface area contributed by atoms with Gasteiger partial charge in [-0.1, -0.05) is 174 Å². The lowest BCUT2D eigenvalue weighted by molar-refractivity contribution is 0.118. The first kappa shape index (κ1) is 33.6. The van der Waals surface area contributed by atoms with Crippen molar-refractivity contribution in [2.24, 2.45) is 5.92 Å². The van der Waals surface area contributed by atoms with E-state index in [1.165, 1.54) is 148 Å². The van der Waals surface area contributed by atoms with Crippen molar-refractivity contribution in [1.82, 2.24) is 0 Å². The van der Waals surface area contributed by atoms with E-state index in [-0.39, 0.29) is 5.92 Å². The van der Waals surface area contributed by atoms with E-state index in [1.54, 1.807) is 0 Å². The Labute approximate surface area is 215 Å². The maximum absolute atomic E-state index is 11.3. The number of aliphatic hydroxyl groups excluding tert-OH is 1. The normalized spacial score (nSPS) is 13.3. The van der Waals surface area contributed by atoms with Crippen LogP contribution in [0.2, 0.25) is 0 Å². The molecule has 0 aliphatic heterocycles. The van der Waals surface area contributed by atoms with Crippen molar-refractivity contribution in [1.29, 1.82) is 0 Å². The molecule has 34 heavy (non-hydrogen) atoms. The van der Waals surface area contributed by atoms with Gasteiger partial charge in [-0.3, -0.25) is 4.79 Å². The summed E-state index contributed by atoms with van der Waals surface area (Å²) in [4.78, 5) is 11.3. The zero-order valence-corrected chi connectivity index (χ0v) is 23.6. The molecule has 0 fully saturated rings. The number of hydrogen-bond acceptors (Lipinski definition) is 2. The third kappa shape index (κ3) is 24.7. The molecule has 203 valence electrons. The average Bonchev–Trinajstić information content (AvgIpc) is 2.85. The van der Waals surface area contributed by atoms with Crippen molar-refractivity contribution >= 4 is 6.29 Å². The Bertz CT molecular complexity index is 381. The molecular weight excluding hydrogens is 416 g/mol. The molecule has 0 aliphatic rings. The standard InChI is InChI=1S/C32H63O2/c1-3-5-7-9-11-13-15-17-19-21-23-25-27-29-32(34)31(30-33)28-26-24-22-20-18-16-14-12-10-8-6-4-2/h31-32,34H,3-29H2,1-2H3. The lowest BCUT2D eigenvalue weighted by Crippen LogP contribution is -2.21. The fourth-order valence-electron chi connectivity index (χ4n) is 5.11. The van der Waals surface area contributed by atoms with Gasteiger partial charge in [0, 0.05) is 0 Å². The summed E-state index contributed by atoms with van der Waals surface area (Å²) in [6.45, 7) is 4.55. The van der Waals surface area contributed by atoms with Crippen LogP contribution in [0.25, 0.3) is 0 Å². The second-order valence-electron chi connectivity index (χ2n) is 11.0. The van der Waals surface area contributed by atoms with E-state index in [4.69, 9.17) is 0 Å².